The molecule has 0 heterocycles. The van der Waals surface area contributed by atoms with Gasteiger partial charge in [-0.2, -0.15) is 0 Å². The number of halogens is 1. The van der Waals surface area contributed by atoms with Gasteiger partial charge in [-0.3, -0.25) is 4.79 Å². The van der Waals surface area contributed by atoms with Gasteiger partial charge in [-0.05, 0) is 31.9 Å². The van der Waals surface area contributed by atoms with Gasteiger partial charge in [-0.25, -0.2) is 4.79 Å². The molecule has 0 radical (unpaired) electrons. The number of amides is 1. The molecular formula is C17H24ClNO5. The van der Waals surface area contributed by atoms with Gasteiger partial charge in [0, 0.05) is 5.56 Å². The van der Waals surface area contributed by atoms with E-state index < -0.39 is 17.4 Å². The van der Waals surface area contributed by atoms with E-state index in [0.717, 1.165) is 6.42 Å². The fourth-order valence-corrected chi connectivity index (χ4v) is 2.51. The Labute approximate surface area is 147 Å². The minimum Gasteiger partial charge on any atom is -0.493 e. The molecule has 0 aliphatic carbocycles. The molecule has 0 fully saturated rings. The lowest BCUT2D eigenvalue weighted by atomic mass is 9.95. The lowest BCUT2D eigenvalue weighted by Crippen LogP contribution is -2.52. The van der Waals surface area contributed by atoms with Crippen LogP contribution in [0.25, 0.3) is 0 Å². The number of carbonyl (C=O) groups is 2. The van der Waals surface area contributed by atoms with Gasteiger partial charge in [0.15, 0.2) is 11.5 Å². The normalized spacial score (nSPS) is 13.0. The van der Waals surface area contributed by atoms with Gasteiger partial charge in [0.1, 0.15) is 5.54 Å². The molecule has 0 saturated heterocycles. The third kappa shape index (κ3) is 4.77. The Morgan fingerprint density at radius 3 is 2.46 bits per heavy atom. The Hall–Kier alpha value is -1.95. The SMILES string of the molecule is CCCOc1c(Cl)cc(C(=O)NC(C)(CCC)C(=O)O)cc1OC. The summed E-state index contributed by atoms with van der Waals surface area (Å²) in [7, 11) is 1.45. The summed E-state index contributed by atoms with van der Waals surface area (Å²) in [6.45, 7) is 5.76. The molecule has 0 aromatic heterocycles. The maximum Gasteiger partial charge on any atom is 0.329 e. The zero-order chi connectivity index (χ0) is 18.3. The van der Waals surface area contributed by atoms with Crippen molar-refractivity contribution in [2.45, 2.75) is 45.6 Å². The highest BCUT2D eigenvalue weighted by Crippen LogP contribution is 2.36. The molecule has 1 rings (SSSR count). The van der Waals surface area contributed by atoms with Crippen LogP contribution in [0.4, 0.5) is 0 Å². The van der Waals surface area contributed by atoms with E-state index >= 15 is 0 Å². The summed E-state index contributed by atoms with van der Waals surface area (Å²) in [6, 6.07) is 2.93. The highest BCUT2D eigenvalue weighted by Gasteiger charge is 2.34. The van der Waals surface area contributed by atoms with E-state index in [1.54, 1.807) is 0 Å². The van der Waals surface area contributed by atoms with Crippen molar-refractivity contribution in [1.29, 1.82) is 0 Å². The van der Waals surface area contributed by atoms with Crippen LogP contribution < -0.4 is 14.8 Å². The van der Waals surface area contributed by atoms with Crippen LogP contribution in [0.3, 0.4) is 0 Å². The Balaban J connectivity index is 3.11. The van der Waals surface area contributed by atoms with Crippen LogP contribution in [0, 0.1) is 0 Å². The van der Waals surface area contributed by atoms with Crippen molar-refractivity contribution >= 4 is 23.5 Å². The average molecular weight is 358 g/mol. The second kappa shape index (κ2) is 8.78. The number of benzene rings is 1. The molecule has 134 valence electrons. The van der Waals surface area contributed by atoms with Crippen LogP contribution in [-0.2, 0) is 4.79 Å². The van der Waals surface area contributed by atoms with Gasteiger partial charge < -0.3 is 19.9 Å². The molecule has 2 N–H and O–H groups in total. The van der Waals surface area contributed by atoms with E-state index in [9.17, 15) is 14.7 Å². The standard InChI is InChI=1S/C17H24ClNO5/c1-5-7-17(3,16(21)22)19-15(20)11-9-12(18)14(24-8-6-2)13(10-11)23-4/h9-10H,5-8H2,1-4H3,(H,19,20)(H,21,22). The van der Waals surface area contributed by atoms with Gasteiger partial charge in [0.25, 0.3) is 5.91 Å². The first-order valence-electron chi connectivity index (χ1n) is 7.85. The predicted molar refractivity (Wildman–Crippen MR) is 92.2 cm³/mol. The highest BCUT2D eigenvalue weighted by molar-refractivity contribution is 6.32. The van der Waals surface area contributed by atoms with E-state index in [0.29, 0.717) is 30.9 Å². The van der Waals surface area contributed by atoms with Crippen LogP contribution in [0.5, 0.6) is 11.5 Å². The Morgan fingerprint density at radius 1 is 1.29 bits per heavy atom. The monoisotopic (exact) mass is 357 g/mol. The summed E-state index contributed by atoms with van der Waals surface area (Å²) < 4.78 is 10.8. The first-order chi connectivity index (χ1) is 11.3. The molecule has 0 saturated carbocycles. The van der Waals surface area contributed by atoms with Crippen molar-refractivity contribution < 1.29 is 24.2 Å². The summed E-state index contributed by atoms with van der Waals surface area (Å²) in [6.07, 6.45) is 1.74. The number of aliphatic carboxylic acids is 1. The van der Waals surface area contributed by atoms with Crippen LogP contribution >= 0.6 is 11.6 Å². The van der Waals surface area contributed by atoms with E-state index in [1.807, 2.05) is 13.8 Å². The number of nitrogens with one attached hydrogen (secondary N) is 1. The van der Waals surface area contributed by atoms with Crippen molar-refractivity contribution in [2.75, 3.05) is 13.7 Å². The van der Waals surface area contributed by atoms with Gasteiger partial charge in [-0.15, -0.1) is 0 Å². The second-order valence-electron chi connectivity index (χ2n) is 5.68. The highest BCUT2D eigenvalue weighted by atomic mass is 35.5. The second-order valence-corrected chi connectivity index (χ2v) is 6.09. The predicted octanol–water partition coefficient (Wildman–Crippen LogP) is 3.51. The summed E-state index contributed by atoms with van der Waals surface area (Å²) in [5.41, 5.74) is -1.13. The lowest BCUT2D eigenvalue weighted by Gasteiger charge is -2.26. The van der Waals surface area contributed by atoms with Crippen molar-refractivity contribution in [3.63, 3.8) is 0 Å². The molecule has 1 aromatic carbocycles. The van der Waals surface area contributed by atoms with Crippen LogP contribution in [-0.4, -0.2) is 36.2 Å². The molecule has 1 unspecified atom stereocenters. The van der Waals surface area contributed by atoms with Crippen LogP contribution in [0.15, 0.2) is 12.1 Å². The van der Waals surface area contributed by atoms with Gasteiger partial charge >= 0.3 is 5.97 Å². The first kappa shape index (κ1) is 20.1. The number of hydrogen-bond acceptors (Lipinski definition) is 4. The number of ether oxygens (including phenoxy) is 2. The summed E-state index contributed by atoms with van der Waals surface area (Å²) in [4.78, 5) is 23.9. The quantitative estimate of drug-likeness (QED) is 0.706. The Kier molecular flexibility index (Phi) is 7.35. The van der Waals surface area contributed by atoms with E-state index in [4.69, 9.17) is 21.1 Å². The molecule has 0 aliphatic rings. The smallest absolute Gasteiger partial charge is 0.329 e. The Morgan fingerprint density at radius 2 is 1.96 bits per heavy atom. The first-order valence-corrected chi connectivity index (χ1v) is 8.23. The minimum absolute atomic E-state index is 0.212. The maximum absolute atomic E-state index is 12.5. The molecule has 0 aliphatic heterocycles. The van der Waals surface area contributed by atoms with Gasteiger partial charge in [0.05, 0.1) is 18.7 Å². The minimum atomic E-state index is -1.34. The fraction of sp³-hybridized carbons (Fsp3) is 0.529. The number of rotatable bonds is 9. The molecule has 1 atom stereocenters. The van der Waals surface area contributed by atoms with E-state index in [2.05, 4.69) is 5.32 Å². The number of carboxylic acids is 1. The largest absolute Gasteiger partial charge is 0.493 e. The third-order valence-electron chi connectivity index (χ3n) is 3.55. The zero-order valence-electron chi connectivity index (χ0n) is 14.4. The molecule has 0 spiro atoms. The van der Waals surface area contributed by atoms with Crippen molar-refractivity contribution in [1.82, 2.24) is 5.32 Å². The van der Waals surface area contributed by atoms with Crippen molar-refractivity contribution in [2.24, 2.45) is 0 Å². The van der Waals surface area contributed by atoms with E-state index in [-0.39, 0.29) is 10.6 Å². The topological polar surface area (TPSA) is 84.9 Å². The van der Waals surface area contributed by atoms with Gasteiger partial charge in [-0.1, -0.05) is 31.9 Å². The van der Waals surface area contributed by atoms with Crippen LogP contribution in [0.2, 0.25) is 5.02 Å². The zero-order valence-corrected chi connectivity index (χ0v) is 15.2. The average Bonchev–Trinajstić information content (AvgIpc) is 2.52. The Bertz CT molecular complexity index is 605. The lowest BCUT2D eigenvalue weighted by molar-refractivity contribution is -0.144. The third-order valence-corrected chi connectivity index (χ3v) is 3.83. The van der Waals surface area contributed by atoms with E-state index in [1.165, 1.54) is 26.2 Å². The number of methoxy groups -OCH3 is 1. The summed E-state index contributed by atoms with van der Waals surface area (Å²) in [5.74, 6) is -0.921. The number of carbonyl (C=O) groups excluding carboxylic acids is 1. The fourth-order valence-electron chi connectivity index (χ4n) is 2.24. The number of carboxylic acid groups (broad SMARTS) is 1. The van der Waals surface area contributed by atoms with Gasteiger partial charge in [0.2, 0.25) is 0 Å². The molecule has 0 bridgehead atoms. The molecule has 7 heteroatoms. The number of hydrogen-bond donors (Lipinski definition) is 2. The maximum atomic E-state index is 12.5. The summed E-state index contributed by atoms with van der Waals surface area (Å²) >= 11 is 6.19. The van der Waals surface area contributed by atoms with Crippen LogP contribution in [0.1, 0.15) is 50.4 Å². The molecule has 6 nitrogen and oxygen atoms in total. The van der Waals surface area contributed by atoms with Crippen molar-refractivity contribution in [3.05, 3.63) is 22.7 Å². The molecule has 24 heavy (non-hydrogen) atoms. The molecule has 1 amide bonds. The summed E-state index contributed by atoms with van der Waals surface area (Å²) in [5, 5.41) is 12.2. The van der Waals surface area contributed by atoms with Crippen molar-refractivity contribution in [3.8, 4) is 11.5 Å². The molecular weight excluding hydrogens is 334 g/mol. The molecule has 1 aromatic rings.